The Morgan fingerprint density at radius 1 is 1.10 bits per heavy atom. The fourth-order valence-corrected chi connectivity index (χ4v) is 5.32. The molecule has 1 unspecified atom stereocenters. The molecule has 0 radical (unpaired) electrons. The van der Waals surface area contributed by atoms with Gasteiger partial charge in [-0.25, -0.2) is 4.68 Å². The lowest BCUT2D eigenvalue weighted by atomic mass is 9.94. The summed E-state index contributed by atoms with van der Waals surface area (Å²) in [7, 11) is 0. The number of carbonyl (C=O) groups excluding carboxylic acids is 1. The number of nitrogens with one attached hydrogen (secondary N) is 2. The molecular weight excluding hydrogens is 530 g/mol. The van der Waals surface area contributed by atoms with E-state index in [1.54, 1.807) is 16.4 Å². The standard InChI is InChI=1S/C30H30ClN5O2S/c1-4-16-39-30-34-29-32-20(3)26(28(37)33-25-15-8-5-10-19(25)2)27(36(29)35-30)21-12-9-13-23(17-21)38-18-22-11-6-7-14-24(22)31/h5-15,17,27H,4,16,18H2,1-3H3,(H,33,37)(H,32,34,35). The lowest BCUT2D eigenvalue weighted by molar-refractivity contribution is -0.113. The predicted octanol–water partition coefficient (Wildman–Crippen LogP) is 7.25. The van der Waals surface area contributed by atoms with Crippen LogP contribution in [0.5, 0.6) is 5.75 Å². The molecule has 0 fully saturated rings. The van der Waals surface area contributed by atoms with Crippen molar-refractivity contribution in [3.8, 4) is 5.75 Å². The number of aryl methyl sites for hydroxylation is 1. The van der Waals surface area contributed by atoms with Gasteiger partial charge in [-0.1, -0.05) is 78.8 Å². The van der Waals surface area contributed by atoms with E-state index in [1.807, 2.05) is 86.6 Å². The lowest BCUT2D eigenvalue weighted by Crippen LogP contribution is -2.31. The van der Waals surface area contributed by atoms with Gasteiger partial charge in [-0.3, -0.25) is 4.79 Å². The molecule has 2 N–H and O–H groups in total. The van der Waals surface area contributed by atoms with Gasteiger partial charge in [-0.05, 0) is 55.7 Å². The van der Waals surface area contributed by atoms with Crippen molar-refractivity contribution in [2.45, 2.75) is 45.0 Å². The summed E-state index contributed by atoms with van der Waals surface area (Å²) >= 11 is 7.93. The van der Waals surface area contributed by atoms with Gasteiger partial charge in [0.2, 0.25) is 11.1 Å². The Bertz CT molecular complexity index is 1530. The third-order valence-corrected chi connectivity index (χ3v) is 7.84. The van der Waals surface area contributed by atoms with Crippen molar-refractivity contribution in [1.82, 2.24) is 14.8 Å². The van der Waals surface area contributed by atoms with E-state index in [0.29, 0.717) is 34.1 Å². The maximum atomic E-state index is 13.8. The molecule has 5 rings (SSSR count). The first-order valence-corrected chi connectivity index (χ1v) is 14.2. The minimum atomic E-state index is -0.502. The van der Waals surface area contributed by atoms with Crippen LogP contribution in [0, 0.1) is 6.92 Å². The molecule has 1 aliphatic heterocycles. The molecule has 7 nitrogen and oxygen atoms in total. The maximum Gasteiger partial charge on any atom is 0.255 e. The summed E-state index contributed by atoms with van der Waals surface area (Å²) in [6.07, 6.45) is 1.01. The minimum absolute atomic E-state index is 0.203. The summed E-state index contributed by atoms with van der Waals surface area (Å²) in [5.74, 6) is 1.98. The molecule has 0 spiro atoms. The van der Waals surface area contributed by atoms with Crippen molar-refractivity contribution in [2.75, 3.05) is 16.4 Å². The molecule has 1 aliphatic rings. The number of hydrogen-bond donors (Lipinski definition) is 2. The van der Waals surface area contributed by atoms with E-state index in [4.69, 9.17) is 26.4 Å². The number of thioether (sulfide) groups is 1. The molecule has 1 aromatic heterocycles. The number of carbonyl (C=O) groups is 1. The topological polar surface area (TPSA) is 81.1 Å². The highest BCUT2D eigenvalue weighted by Gasteiger charge is 2.34. The van der Waals surface area contributed by atoms with Gasteiger partial charge in [0.05, 0.1) is 5.57 Å². The van der Waals surface area contributed by atoms with E-state index in [-0.39, 0.29) is 5.91 Å². The van der Waals surface area contributed by atoms with E-state index < -0.39 is 6.04 Å². The number of hydrogen-bond acceptors (Lipinski definition) is 6. The fraction of sp³-hybridized carbons (Fsp3) is 0.233. The molecule has 1 amide bonds. The number of para-hydroxylation sites is 1. The molecule has 0 saturated carbocycles. The average molecular weight is 560 g/mol. The number of aromatic nitrogens is 3. The normalized spacial score (nSPS) is 14.5. The van der Waals surface area contributed by atoms with Gasteiger partial charge in [0.1, 0.15) is 18.4 Å². The summed E-state index contributed by atoms with van der Waals surface area (Å²) in [6.45, 7) is 6.32. The van der Waals surface area contributed by atoms with Gasteiger partial charge in [0.15, 0.2) is 0 Å². The summed E-state index contributed by atoms with van der Waals surface area (Å²) in [5.41, 5.74) is 4.80. The molecule has 39 heavy (non-hydrogen) atoms. The third kappa shape index (κ3) is 5.97. The quantitative estimate of drug-likeness (QED) is 0.210. The number of fused-ring (bicyclic) bond motifs is 1. The van der Waals surface area contributed by atoms with Gasteiger partial charge in [-0.15, -0.1) is 5.10 Å². The zero-order chi connectivity index (χ0) is 27.4. The lowest BCUT2D eigenvalue weighted by Gasteiger charge is -2.29. The highest BCUT2D eigenvalue weighted by molar-refractivity contribution is 7.99. The van der Waals surface area contributed by atoms with Crippen molar-refractivity contribution in [3.63, 3.8) is 0 Å². The van der Waals surface area contributed by atoms with Gasteiger partial charge in [-0.2, -0.15) is 4.98 Å². The molecule has 0 aliphatic carbocycles. The van der Waals surface area contributed by atoms with Crippen LogP contribution in [0.15, 0.2) is 89.2 Å². The smallest absolute Gasteiger partial charge is 0.255 e. The van der Waals surface area contributed by atoms with Crippen LogP contribution in [-0.4, -0.2) is 26.4 Å². The molecule has 2 heterocycles. The number of halogens is 1. The molecule has 3 aromatic carbocycles. The van der Waals surface area contributed by atoms with Crippen LogP contribution in [0.4, 0.5) is 11.6 Å². The predicted molar refractivity (Wildman–Crippen MR) is 158 cm³/mol. The highest BCUT2D eigenvalue weighted by atomic mass is 35.5. The van der Waals surface area contributed by atoms with Crippen molar-refractivity contribution < 1.29 is 9.53 Å². The SMILES string of the molecule is CCCSc1nc2n(n1)C(c1cccc(OCc3ccccc3Cl)c1)C(C(=O)Nc1ccccc1C)=C(C)N2. The van der Waals surface area contributed by atoms with E-state index in [0.717, 1.165) is 40.2 Å². The highest BCUT2D eigenvalue weighted by Crippen LogP contribution is 2.38. The van der Waals surface area contributed by atoms with Crippen LogP contribution in [-0.2, 0) is 11.4 Å². The van der Waals surface area contributed by atoms with E-state index in [2.05, 4.69) is 17.6 Å². The zero-order valence-electron chi connectivity index (χ0n) is 22.1. The molecule has 1 atom stereocenters. The van der Waals surface area contributed by atoms with E-state index in [1.165, 1.54) is 0 Å². The first-order chi connectivity index (χ1) is 18.9. The van der Waals surface area contributed by atoms with E-state index >= 15 is 0 Å². The molecule has 9 heteroatoms. The molecule has 200 valence electrons. The van der Waals surface area contributed by atoms with Crippen LogP contribution >= 0.6 is 23.4 Å². The van der Waals surface area contributed by atoms with E-state index in [9.17, 15) is 4.79 Å². The number of ether oxygens (including phenoxy) is 1. The Balaban J connectivity index is 1.51. The summed E-state index contributed by atoms with van der Waals surface area (Å²) in [5, 5.41) is 12.5. The first-order valence-electron chi connectivity index (χ1n) is 12.8. The van der Waals surface area contributed by atoms with Gasteiger partial charge >= 0.3 is 0 Å². The largest absolute Gasteiger partial charge is 0.489 e. The second-order valence-corrected chi connectivity index (χ2v) is 10.8. The van der Waals surface area contributed by atoms with Crippen LogP contribution in [0.25, 0.3) is 0 Å². The Kier molecular flexibility index (Phi) is 8.24. The Morgan fingerprint density at radius 2 is 1.90 bits per heavy atom. The van der Waals surface area contributed by atoms with Gasteiger partial charge in [0.25, 0.3) is 5.91 Å². The number of allylic oxidation sites excluding steroid dienone is 1. The second kappa shape index (κ2) is 12.0. The maximum absolute atomic E-state index is 13.8. The van der Waals surface area contributed by atoms with Crippen molar-refractivity contribution in [3.05, 3.63) is 106 Å². The molecule has 0 saturated heterocycles. The average Bonchev–Trinajstić information content (AvgIpc) is 3.34. The molecule has 0 bridgehead atoms. The summed E-state index contributed by atoms with van der Waals surface area (Å²) < 4.78 is 7.92. The Labute approximate surface area is 237 Å². The first kappa shape index (κ1) is 26.8. The Morgan fingerprint density at radius 3 is 2.69 bits per heavy atom. The van der Waals surface area contributed by atoms with Crippen molar-refractivity contribution in [2.24, 2.45) is 0 Å². The van der Waals surface area contributed by atoms with Crippen LogP contribution in [0.1, 0.15) is 43.0 Å². The molecule has 4 aromatic rings. The van der Waals surface area contributed by atoms with Crippen LogP contribution < -0.4 is 15.4 Å². The summed E-state index contributed by atoms with van der Waals surface area (Å²) in [6, 6.07) is 22.6. The van der Waals surface area contributed by atoms with Gasteiger partial charge in [0, 0.05) is 27.7 Å². The minimum Gasteiger partial charge on any atom is -0.489 e. The zero-order valence-corrected chi connectivity index (χ0v) is 23.6. The fourth-order valence-electron chi connectivity index (χ4n) is 4.44. The second-order valence-electron chi connectivity index (χ2n) is 9.30. The number of benzene rings is 3. The molecular formula is C30H30ClN5O2S. The monoisotopic (exact) mass is 559 g/mol. The number of anilines is 2. The van der Waals surface area contributed by atoms with Crippen molar-refractivity contribution in [1.29, 1.82) is 0 Å². The Hall–Kier alpha value is -3.75. The number of rotatable bonds is 9. The van der Waals surface area contributed by atoms with Gasteiger partial charge < -0.3 is 15.4 Å². The summed E-state index contributed by atoms with van der Waals surface area (Å²) in [4.78, 5) is 18.5. The number of amides is 1. The number of nitrogens with zero attached hydrogens (tertiary/aromatic N) is 3. The van der Waals surface area contributed by atoms with Crippen LogP contribution in [0.2, 0.25) is 5.02 Å². The van der Waals surface area contributed by atoms with Crippen molar-refractivity contribution >= 4 is 40.9 Å². The third-order valence-electron chi connectivity index (χ3n) is 6.43. The van der Waals surface area contributed by atoms with Crippen LogP contribution in [0.3, 0.4) is 0 Å².